The Labute approximate surface area is 210 Å². The summed E-state index contributed by atoms with van der Waals surface area (Å²) in [6, 6.07) is 0.314. The Balaban J connectivity index is 0.00000272. The summed E-state index contributed by atoms with van der Waals surface area (Å²) < 4.78 is 0. The van der Waals surface area contributed by atoms with Crippen molar-refractivity contribution >= 4 is 47.6 Å². The number of thioether (sulfide) groups is 1. The molecule has 2 saturated carbocycles. The second-order valence-electron chi connectivity index (χ2n) is 9.71. The number of hydrogen-bond donors (Lipinski definition) is 2. The van der Waals surface area contributed by atoms with Crippen LogP contribution in [0.4, 0.5) is 0 Å². The van der Waals surface area contributed by atoms with E-state index in [2.05, 4.69) is 37.2 Å². The van der Waals surface area contributed by atoms with Gasteiger partial charge in [0, 0.05) is 68.8 Å². The van der Waals surface area contributed by atoms with Gasteiger partial charge in [-0.1, -0.05) is 32.1 Å². The smallest absolute Gasteiger partial charge is 0.225 e. The van der Waals surface area contributed by atoms with Gasteiger partial charge in [-0.15, -0.1) is 24.0 Å². The predicted octanol–water partition coefficient (Wildman–Crippen LogP) is 3.31. The lowest BCUT2D eigenvalue weighted by atomic mass is 9.88. The van der Waals surface area contributed by atoms with Gasteiger partial charge >= 0.3 is 0 Å². The minimum absolute atomic E-state index is 0. The Bertz CT molecular complexity index is 601. The van der Waals surface area contributed by atoms with Crippen molar-refractivity contribution < 1.29 is 4.79 Å². The van der Waals surface area contributed by atoms with E-state index < -0.39 is 0 Å². The maximum Gasteiger partial charge on any atom is 0.225 e. The average Bonchev–Trinajstić information content (AvgIpc) is 3.48. The number of carbonyl (C=O) groups excluding carboxylic acids is 1. The fourth-order valence-electron chi connectivity index (χ4n) is 6.00. The Morgan fingerprint density at radius 3 is 2.42 bits per heavy atom. The van der Waals surface area contributed by atoms with Crippen molar-refractivity contribution in [1.82, 2.24) is 20.4 Å². The molecule has 4 rings (SSSR count). The molecular formula is C23H42IN5OS. The number of halogens is 1. The Kier molecular flexibility index (Phi) is 10.1. The maximum atomic E-state index is 12.9. The second kappa shape index (κ2) is 12.3. The highest BCUT2D eigenvalue weighted by Crippen LogP contribution is 2.36. The van der Waals surface area contributed by atoms with Crippen LogP contribution in [0.2, 0.25) is 0 Å². The van der Waals surface area contributed by atoms with Gasteiger partial charge in [-0.05, 0) is 32.1 Å². The number of guanidine groups is 1. The topological polar surface area (TPSA) is 60.0 Å². The van der Waals surface area contributed by atoms with Crippen molar-refractivity contribution in [3.8, 4) is 0 Å². The minimum atomic E-state index is 0. The molecule has 0 aromatic carbocycles. The van der Waals surface area contributed by atoms with E-state index in [-0.39, 0.29) is 29.9 Å². The number of amides is 1. The summed E-state index contributed by atoms with van der Waals surface area (Å²) in [7, 11) is 1.87. The highest BCUT2D eigenvalue weighted by Gasteiger charge is 2.40. The SMILES string of the molecule is CN=C(NCC1(N2CCSCC2)CCCC1)NC1CCN(C(=O)C2CCCCC2)C1.I. The standard InChI is InChI=1S/C23H41N5OS.HI/c1-24-22(25-18-23(10-5-6-11-23)28-13-15-30-16-14-28)26-20-9-12-27(17-20)21(29)19-7-3-2-4-8-19;/h19-20H,2-18H2,1H3,(H2,24,25,26);1H. The van der Waals surface area contributed by atoms with Crippen molar-refractivity contribution in [2.75, 3.05) is 51.3 Å². The van der Waals surface area contributed by atoms with Crippen molar-refractivity contribution in [2.24, 2.45) is 10.9 Å². The van der Waals surface area contributed by atoms with Crippen LogP contribution in [-0.2, 0) is 4.79 Å². The van der Waals surface area contributed by atoms with E-state index in [1.807, 2.05) is 7.05 Å². The lowest BCUT2D eigenvalue weighted by Gasteiger charge is -2.43. The number of nitrogens with zero attached hydrogens (tertiary/aromatic N) is 3. The van der Waals surface area contributed by atoms with Crippen LogP contribution >= 0.6 is 35.7 Å². The van der Waals surface area contributed by atoms with Gasteiger partial charge in [0.25, 0.3) is 0 Å². The van der Waals surface area contributed by atoms with Crippen LogP contribution in [0.5, 0.6) is 0 Å². The third-order valence-electron chi connectivity index (χ3n) is 7.82. The average molecular weight is 564 g/mol. The minimum Gasteiger partial charge on any atom is -0.355 e. The molecule has 2 aliphatic heterocycles. The first kappa shape index (κ1) is 25.4. The molecule has 0 aromatic heterocycles. The van der Waals surface area contributed by atoms with Crippen LogP contribution in [0, 0.1) is 5.92 Å². The molecule has 8 heteroatoms. The molecule has 2 saturated heterocycles. The normalized spacial score (nSPS) is 27.7. The molecule has 1 atom stereocenters. The predicted molar refractivity (Wildman–Crippen MR) is 142 cm³/mol. The van der Waals surface area contributed by atoms with Crippen molar-refractivity contribution in [3.05, 3.63) is 0 Å². The van der Waals surface area contributed by atoms with E-state index >= 15 is 0 Å². The van der Waals surface area contributed by atoms with E-state index in [0.717, 1.165) is 44.9 Å². The van der Waals surface area contributed by atoms with Gasteiger partial charge in [0.05, 0.1) is 0 Å². The van der Waals surface area contributed by atoms with Crippen LogP contribution in [0.25, 0.3) is 0 Å². The van der Waals surface area contributed by atoms with Gasteiger partial charge in [0.1, 0.15) is 0 Å². The highest BCUT2D eigenvalue weighted by atomic mass is 127. The van der Waals surface area contributed by atoms with Gasteiger partial charge in [-0.25, -0.2) is 0 Å². The van der Waals surface area contributed by atoms with E-state index in [1.165, 1.54) is 69.5 Å². The van der Waals surface area contributed by atoms with Crippen molar-refractivity contribution in [3.63, 3.8) is 0 Å². The van der Waals surface area contributed by atoms with E-state index in [1.54, 1.807) is 0 Å². The Morgan fingerprint density at radius 1 is 1.03 bits per heavy atom. The third-order valence-corrected chi connectivity index (χ3v) is 8.76. The van der Waals surface area contributed by atoms with Crippen LogP contribution in [0.3, 0.4) is 0 Å². The number of aliphatic imine (C=N–C) groups is 1. The zero-order chi connectivity index (χ0) is 20.8. The molecule has 31 heavy (non-hydrogen) atoms. The molecule has 0 radical (unpaired) electrons. The summed E-state index contributed by atoms with van der Waals surface area (Å²) in [6.45, 7) is 5.14. The Morgan fingerprint density at radius 2 is 1.74 bits per heavy atom. The molecule has 4 fully saturated rings. The fraction of sp³-hybridized carbons (Fsp3) is 0.913. The molecule has 0 bridgehead atoms. The van der Waals surface area contributed by atoms with E-state index in [9.17, 15) is 4.79 Å². The largest absolute Gasteiger partial charge is 0.355 e. The molecular weight excluding hydrogens is 521 g/mol. The lowest BCUT2D eigenvalue weighted by Crippen LogP contribution is -2.58. The quantitative estimate of drug-likeness (QED) is 0.306. The third kappa shape index (κ3) is 6.43. The molecule has 2 heterocycles. The summed E-state index contributed by atoms with van der Waals surface area (Å²) in [5.74, 6) is 4.11. The molecule has 4 aliphatic rings. The molecule has 0 spiro atoms. The molecule has 1 amide bonds. The number of carbonyl (C=O) groups is 1. The van der Waals surface area contributed by atoms with Crippen LogP contribution in [-0.4, -0.2) is 84.5 Å². The Hall–Kier alpha value is -0.220. The summed E-state index contributed by atoms with van der Waals surface area (Å²) in [5.41, 5.74) is 0.303. The summed E-state index contributed by atoms with van der Waals surface area (Å²) in [4.78, 5) is 22.2. The highest BCUT2D eigenvalue weighted by molar-refractivity contribution is 14.0. The van der Waals surface area contributed by atoms with Crippen molar-refractivity contribution in [1.29, 1.82) is 0 Å². The first-order valence-electron chi connectivity index (χ1n) is 12.3. The van der Waals surface area contributed by atoms with Gasteiger partial charge in [-0.2, -0.15) is 11.8 Å². The first-order valence-corrected chi connectivity index (χ1v) is 13.4. The zero-order valence-corrected chi connectivity index (χ0v) is 22.4. The van der Waals surface area contributed by atoms with Crippen LogP contribution in [0.15, 0.2) is 4.99 Å². The number of likely N-dealkylation sites (tertiary alicyclic amines) is 1. The first-order chi connectivity index (χ1) is 14.7. The number of rotatable bonds is 5. The van der Waals surface area contributed by atoms with Gasteiger partial charge in [-0.3, -0.25) is 14.7 Å². The van der Waals surface area contributed by atoms with Gasteiger partial charge < -0.3 is 15.5 Å². The van der Waals surface area contributed by atoms with Crippen molar-refractivity contribution in [2.45, 2.75) is 75.8 Å². The fourth-order valence-corrected chi connectivity index (χ4v) is 6.90. The maximum absolute atomic E-state index is 12.9. The second-order valence-corrected chi connectivity index (χ2v) is 10.9. The van der Waals surface area contributed by atoms with Gasteiger partial charge in [0.15, 0.2) is 5.96 Å². The molecule has 2 N–H and O–H groups in total. The summed E-state index contributed by atoms with van der Waals surface area (Å²) in [6.07, 6.45) is 12.2. The summed E-state index contributed by atoms with van der Waals surface area (Å²) in [5, 5.41) is 7.29. The zero-order valence-electron chi connectivity index (χ0n) is 19.2. The molecule has 0 aromatic rings. The summed E-state index contributed by atoms with van der Waals surface area (Å²) >= 11 is 2.09. The van der Waals surface area contributed by atoms with Crippen LogP contribution in [0.1, 0.15) is 64.2 Å². The number of hydrogen-bond acceptors (Lipinski definition) is 4. The molecule has 1 unspecified atom stereocenters. The molecule has 6 nitrogen and oxygen atoms in total. The van der Waals surface area contributed by atoms with Crippen LogP contribution < -0.4 is 10.6 Å². The van der Waals surface area contributed by atoms with E-state index in [0.29, 0.717) is 17.5 Å². The molecule has 178 valence electrons. The van der Waals surface area contributed by atoms with Gasteiger partial charge in [0.2, 0.25) is 5.91 Å². The molecule has 2 aliphatic carbocycles. The lowest BCUT2D eigenvalue weighted by molar-refractivity contribution is -0.135. The monoisotopic (exact) mass is 563 g/mol. The number of nitrogens with one attached hydrogen (secondary N) is 2. The van der Waals surface area contributed by atoms with E-state index in [4.69, 9.17) is 0 Å².